The Labute approximate surface area is 107 Å². The molecule has 1 aromatic carbocycles. The fraction of sp³-hybridized carbons (Fsp3) is 0.538. The topological polar surface area (TPSA) is 66.6 Å². The maximum atomic E-state index is 10.9. The SMILES string of the molecule is Cc1c(CN(C)C(C)(C)CO)cccc1[N+](=O)[O-]. The molecule has 5 nitrogen and oxygen atoms in total. The lowest BCUT2D eigenvalue weighted by atomic mass is 10.0. The monoisotopic (exact) mass is 252 g/mol. The highest BCUT2D eigenvalue weighted by Crippen LogP contribution is 2.24. The summed E-state index contributed by atoms with van der Waals surface area (Å²) in [6.45, 7) is 6.23. The van der Waals surface area contributed by atoms with Gasteiger partial charge >= 0.3 is 0 Å². The third kappa shape index (κ3) is 3.05. The van der Waals surface area contributed by atoms with Gasteiger partial charge in [0.25, 0.3) is 5.69 Å². The van der Waals surface area contributed by atoms with E-state index in [2.05, 4.69) is 0 Å². The van der Waals surface area contributed by atoms with Crippen molar-refractivity contribution in [2.24, 2.45) is 0 Å². The van der Waals surface area contributed by atoms with Gasteiger partial charge in [0.15, 0.2) is 0 Å². The zero-order valence-corrected chi connectivity index (χ0v) is 11.3. The van der Waals surface area contributed by atoms with Gasteiger partial charge in [0.05, 0.1) is 11.5 Å². The number of nitro groups is 1. The van der Waals surface area contributed by atoms with Crippen LogP contribution in [0.15, 0.2) is 18.2 Å². The van der Waals surface area contributed by atoms with Crippen molar-refractivity contribution in [3.8, 4) is 0 Å². The van der Waals surface area contributed by atoms with Crippen molar-refractivity contribution >= 4 is 5.69 Å². The van der Waals surface area contributed by atoms with E-state index in [9.17, 15) is 15.2 Å². The van der Waals surface area contributed by atoms with Crippen molar-refractivity contribution in [2.45, 2.75) is 32.9 Å². The molecular weight excluding hydrogens is 232 g/mol. The number of hydrogen-bond donors (Lipinski definition) is 1. The second-order valence-electron chi connectivity index (χ2n) is 5.14. The van der Waals surface area contributed by atoms with E-state index in [1.807, 2.05) is 31.9 Å². The van der Waals surface area contributed by atoms with Gasteiger partial charge in [-0.05, 0) is 33.4 Å². The van der Waals surface area contributed by atoms with Gasteiger partial charge in [0.1, 0.15) is 0 Å². The number of aliphatic hydroxyl groups is 1. The molecule has 0 spiro atoms. The number of nitro benzene ring substituents is 1. The number of aliphatic hydroxyl groups excluding tert-OH is 1. The largest absolute Gasteiger partial charge is 0.394 e. The minimum Gasteiger partial charge on any atom is -0.394 e. The molecule has 100 valence electrons. The predicted octanol–water partition coefficient (Wildman–Crippen LogP) is 2.11. The van der Waals surface area contributed by atoms with Crippen LogP contribution in [0.5, 0.6) is 0 Å². The first-order chi connectivity index (χ1) is 8.29. The fourth-order valence-electron chi connectivity index (χ4n) is 1.63. The molecule has 1 N–H and O–H groups in total. The highest BCUT2D eigenvalue weighted by molar-refractivity contribution is 5.44. The van der Waals surface area contributed by atoms with Gasteiger partial charge in [-0.1, -0.05) is 12.1 Å². The van der Waals surface area contributed by atoms with Crippen molar-refractivity contribution in [2.75, 3.05) is 13.7 Å². The summed E-state index contributed by atoms with van der Waals surface area (Å²) < 4.78 is 0. The third-order valence-electron chi connectivity index (χ3n) is 3.44. The van der Waals surface area contributed by atoms with Crippen LogP contribution < -0.4 is 0 Å². The Morgan fingerprint density at radius 2 is 2.06 bits per heavy atom. The summed E-state index contributed by atoms with van der Waals surface area (Å²) in [5.74, 6) is 0. The highest BCUT2D eigenvalue weighted by Gasteiger charge is 2.23. The summed E-state index contributed by atoms with van der Waals surface area (Å²) in [6, 6.07) is 5.09. The Morgan fingerprint density at radius 3 is 2.56 bits per heavy atom. The average molecular weight is 252 g/mol. The molecule has 0 aliphatic rings. The number of rotatable bonds is 5. The number of nitrogens with zero attached hydrogens (tertiary/aromatic N) is 2. The predicted molar refractivity (Wildman–Crippen MR) is 70.5 cm³/mol. The maximum absolute atomic E-state index is 10.9. The lowest BCUT2D eigenvalue weighted by Gasteiger charge is -2.34. The molecule has 5 heteroatoms. The second kappa shape index (κ2) is 5.46. The van der Waals surface area contributed by atoms with Crippen LogP contribution in [0.4, 0.5) is 5.69 Å². The molecule has 0 fully saturated rings. The Kier molecular flexibility index (Phi) is 4.43. The second-order valence-corrected chi connectivity index (χ2v) is 5.14. The molecule has 0 atom stereocenters. The van der Waals surface area contributed by atoms with Gasteiger partial charge in [-0.2, -0.15) is 0 Å². The van der Waals surface area contributed by atoms with E-state index in [0.29, 0.717) is 12.1 Å². The zero-order valence-electron chi connectivity index (χ0n) is 11.3. The van der Waals surface area contributed by atoms with E-state index in [1.165, 1.54) is 6.07 Å². The molecule has 0 heterocycles. The summed E-state index contributed by atoms with van der Waals surface area (Å²) >= 11 is 0. The van der Waals surface area contributed by atoms with Crippen molar-refractivity contribution in [1.82, 2.24) is 4.90 Å². The lowest BCUT2D eigenvalue weighted by Crippen LogP contribution is -2.43. The Balaban J connectivity index is 2.99. The quantitative estimate of drug-likeness (QED) is 0.643. The van der Waals surface area contributed by atoms with Crippen LogP contribution in [0.2, 0.25) is 0 Å². The average Bonchev–Trinajstić information content (AvgIpc) is 2.31. The van der Waals surface area contributed by atoms with E-state index in [1.54, 1.807) is 13.0 Å². The van der Waals surface area contributed by atoms with E-state index in [-0.39, 0.29) is 22.8 Å². The van der Waals surface area contributed by atoms with Gasteiger partial charge in [0, 0.05) is 23.7 Å². The van der Waals surface area contributed by atoms with Gasteiger partial charge in [-0.25, -0.2) is 0 Å². The minimum absolute atomic E-state index is 0.0392. The van der Waals surface area contributed by atoms with Crippen LogP contribution in [0.3, 0.4) is 0 Å². The first-order valence-corrected chi connectivity index (χ1v) is 5.84. The van der Waals surface area contributed by atoms with Gasteiger partial charge in [-0.3, -0.25) is 15.0 Å². The molecule has 0 aromatic heterocycles. The molecule has 18 heavy (non-hydrogen) atoms. The van der Waals surface area contributed by atoms with Crippen molar-refractivity contribution < 1.29 is 10.0 Å². The first kappa shape index (κ1) is 14.6. The van der Waals surface area contributed by atoms with Crippen molar-refractivity contribution in [1.29, 1.82) is 0 Å². The van der Waals surface area contributed by atoms with E-state index in [0.717, 1.165) is 5.56 Å². The van der Waals surface area contributed by atoms with Crippen molar-refractivity contribution in [3.05, 3.63) is 39.4 Å². The Morgan fingerprint density at radius 1 is 1.44 bits per heavy atom. The van der Waals surface area contributed by atoms with Crippen LogP contribution in [-0.4, -0.2) is 34.1 Å². The molecule has 1 aromatic rings. The summed E-state index contributed by atoms with van der Waals surface area (Å²) in [6.07, 6.45) is 0. The van der Waals surface area contributed by atoms with Gasteiger partial charge in [-0.15, -0.1) is 0 Å². The highest BCUT2D eigenvalue weighted by atomic mass is 16.6. The Bertz CT molecular complexity index is 444. The smallest absolute Gasteiger partial charge is 0.272 e. The minimum atomic E-state index is -0.365. The fourth-order valence-corrected chi connectivity index (χ4v) is 1.63. The maximum Gasteiger partial charge on any atom is 0.272 e. The van der Waals surface area contributed by atoms with Gasteiger partial charge < -0.3 is 5.11 Å². The first-order valence-electron chi connectivity index (χ1n) is 5.84. The van der Waals surface area contributed by atoms with E-state index >= 15 is 0 Å². The summed E-state index contributed by atoms with van der Waals surface area (Å²) in [4.78, 5) is 12.5. The number of benzene rings is 1. The van der Waals surface area contributed by atoms with Crippen LogP contribution in [0.25, 0.3) is 0 Å². The van der Waals surface area contributed by atoms with Gasteiger partial charge in [0.2, 0.25) is 0 Å². The summed E-state index contributed by atoms with van der Waals surface area (Å²) in [5, 5.41) is 20.2. The zero-order chi connectivity index (χ0) is 13.9. The molecule has 0 unspecified atom stereocenters. The normalized spacial score (nSPS) is 11.9. The molecule has 0 saturated carbocycles. The molecule has 0 saturated heterocycles. The third-order valence-corrected chi connectivity index (χ3v) is 3.44. The van der Waals surface area contributed by atoms with Crippen LogP contribution in [0.1, 0.15) is 25.0 Å². The molecule has 1 rings (SSSR count). The molecule has 0 aliphatic carbocycles. The standard InChI is InChI=1S/C13H20N2O3/c1-10-11(6-5-7-12(10)15(17)18)8-14(4)13(2,3)9-16/h5-7,16H,8-9H2,1-4H3. The molecular formula is C13H20N2O3. The summed E-state index contributed by atoms with van der Waals surface area (Å²) in [7, 11) is 1.90. The number of hydrogen-bond acceptors (Lipinski definition) is 4. The van der Waals surface area contributed by atoms with Crippen LogP contribution in [0, 0.1) is 17.0 Å². The van der Waals surface area contributed by atoms with Crippen LogP contribution in [-0.2, 0) is 6.54 Å². The van der Waals surface area contributed by atoms with E-state index < -0.39 is 0 Å². The van der Waals surface area contributed by atoms with Crippen LogP contribution >= 0.6 is 0 Å². The van der Waals surface area contributed by atoms with E-state index in [4.69, 9.17) is 0 Å². The molecule has 0 radical (unpaired) electrons. The summed E-state index contributed by atoms with van der Waals surface area (Å²) in [5.41, 5.74) is 1.39. The molecule has 0 bridgehead atoms. The molecule has 0 aliphatic heterocycles. The molecule has 0 amide bonds. The van der Waals surface area contributed by atoms with Crippen molar-refractivity contribution in [3.63, 3.8) is 0 Å². The lowest BCUT2D eigenvalue weighted by molar-refractivity contribution is -0.385. The Hall–Kier alpha value is -1.46. The number of likely N-dealkylation sites (N-methyl/N-ethyl adjacent to an activating group) is 1.